The number of aromatic nitrogens is 1. The van der Waals surface area contributed by atoms with Crippen molar-refractivity contribution in [2.75, 3.05) is 5.32 Å². The van der Waals surface area contributed by atoms with Crippen molar-refractivity contribution >= 4 is 45.8 Å². The molecule has 0 saturated heterocycles. The molecule has 2 rings (SSSR count). The summed E-state index contributed by atoms with van der Waals surface area (Å²) in [6, 6.07) is 9.25. The van der Waals surface area contributed by atoms with Crippen LogP contribution < -0.4 is 5.32 Å². The molecule has 1 aromatic carbocycles. The van der Waals surface area contributed by atoms with Gasteiger partial charge in [0, 0.05) is 22.5 Å². The fraction of sp³-hybridized carbons (Fsp3) is 0.0833. The van der Waals surface area contributed by atoms with Crippen molar-refractivity contribution < 1.29 is 4.79 Å². The molecule has 88 valence electrons. The minimum Gasteiger partial charge on any atom is -0.345 e. The number of carbonyl (C=O) groups excluding carboxylic acids is 1. The first-order valence-electron chi connectivity index (χ1n) is 4.95. The van der Waals surface area contributed by atoms with E-state index in [0.717, 1.165) is 9.26 Å². The van der Waals surface area contributed by atoms with Crippen LogP contribution in [-0.4, -0.2) is 10.5 Å². The molecule has 2 aromatic rings. The summed E-state index contributed by atoms with van der Waals surface area (Å²) in [5, 5.41) is 3.37. The zero-order valence-corrected chi connectivity index (χ0v) is 12.0. The number of amides is 1. The topological polar surface area (TPSA) is 34.0 Å². The van der Waals surface area contributed by atoms with Crippen molar-refractivity contribution in [3.05, 3.63) is 50.8 Å². The van der Waals surface area contributed by atoms with Gasteiger partial charge >= 0.3 is 0 Å². The SMILES string of the molecule is Cn1cc(Cl)cc1C(=O)Nc1ccc(I)cc1. The van der Waals surface area contributed by atoms with Crippen LogP contribution in [0.3, 0.4) is 0 Å². The van der Waals surface area contributed by atoms with Gasteiger partial charge in [-0.3, -0.25) is 4.79 Å². The molecule has 3 nitrogen and oxygen atoms in total. The van der Waals surface area contributed by atoms with E-state index in [2.05, 4.69) is 27.9 Å². The molecule has 0 radical (unpaired) electrons. The summed E-state index contributed by atoms with van der Waals surface area (Å²) in [4.78, 5) is 11.9. The summed E-state index contributed by atoms with van der Waals surface area (Å²) in [5.74, 6) is -0.166. The minimum atomic E-state index is -0.166. The van der Waals surface area contributed by atoms with E-state index in [-0.39, 0.29) is 5.91 Å². The standard InChI is InChI=1S/C12H10ClIN2O/c1-16-7-8(13)6-11(16)12(17)15-10-4-2-9(14)3-5-10/h2-7H,1H3,(H,15,17). The van der Waals surface area contributed by atoms with Gasteiger partial charge in [0.25, 0.3) is 5.91 Å². The van der Waals surface area contributed by atoms with Gasteiger partial charge in [0.15, 0.2) is 0 Å². The highest BCUT2D eigenvalue weighted by atomic mass is 127. The van der Waals surface area contributed by atoms with Gasteiger partial charge in [0.2, 0.25) is 0 Å². The van der Waals surface area contributed by atoms with Gasteiger partial charge in [-0.05, 0) is 52.9 Å². The first kappa shape index (κ1) is 12.4. The van der Waals surface area contributed by atoms with Crippen LogP contribution in [0.25, 0.3) is 0 Å². The van der Waals surface area contributed by atoms with E-state index in [9.17, 15) is 4.79 Å². The number of hydrogen-bond donors (Lipinski definition) is 1. The summed E-state index contributed by atoms with van der Waals surface area (Å²) in [7, 11) is 1.79. The lowest BCUT2D eigenvalue weighted by Crippen LogP contribution is -2.15. The Labute approximate surface area is 118 Å². The fourth-order valence-corrected chi connectivity index (χ4v) is 2.09. The number of anilines is 1. The summed E-state index contributed by atoms with van der Waals surface area (Å²) in [6.45, 7) is 0. The van der Waals surface area contributed by atoms with Gasteiger partial charge in [0.05, 0.1) is 5.02 Å². The number of aryl methyl sites for hydroxylation is 1. The van der Waals surface area contributed by atoms with Crippen LogP contribution in [-0.2, 0) is 7.05 Å². The average Bonchev–Trinajstić information content (AvgIpc) is 2.61. The normalized spacial score (nSPS) is 10.3. The highest BCUT2D eigenvalue weighted by Crippen LogP contribution is 2.16. The van der Waals surface area contributed by atoms with Crippen molar-refractivity contribution in [2.24, 2.45) is 7.05 Å². The maximum absolute atomic E-state index is 11.9. The number of nitrogens with zero attached hydrogens (tertiary/aromatic N) is 1. The van der Waals surface area contributed by atoms with Crippen LogP contribution >= 0.6 is 34.2 Å². The van der Waals surface area contributed by atoms with Crippen LogP contribution in [0, 0.1) is 3.57 Å². The lowest BCUT2D eigenvalue weighted by molar-refractivity contribution is 0.101. The quantitative estimate of drug-likeness (QED) is 0.817. The minimum absolute atomic E-state index is 0.166. The van der Waals surface area contributed by atoms with Crippen LogP contribution in [0.15, 0.2) is 36.5 Å². The Kier molecular flexibility index (Phi) is 3.73. The summed E-state index contributed by atoms with van der Waals surface area (Å²) in [5.41, 5.74) is 1.31. The van der Waals surface area contributed by atoms with Crippen molar-refractivity contribution in [1.82, 2.24) is 4.57 Å². The van der Waals surface area contributed by atoms with E-state index in [0.29, 0.717) is 10.7 Å². The Morgan fingerprint density at radius 3 is 2.53 bits per heavy atom. The molecule has 17 heavy (non-hydrogen) atoms. The molecular formula is C12H10ClIN2O. The van der Waals surface area contributed by atoms with Crippen LogP contribution in [0.1, 0.15) is 10.5 Å². The number of rotatable bonds is 2. The second-order valence-corrected chi connectivity index (χ2v) is 5.30. The lowest BCUT2D eigenvalue weighted by Gasteiger charge is -2.05. The molecule has 0 aliphatic carbocycles. The molecule has 5 heteroatoms. The van der Waals surface area contributed by atoms with Gasteiger partial charge in [-0.2, -0.15) is 0 Å². The van der Waals surface area contributed by atoms with Crippen LogP contribution in [0.5, 0.6) is 0 Å². The number of halogens is 2. The summed E-state index contributed by atoms with van der Waals surface area (Å²) in [6.07, 6.45) is 1.70. The highest BCUT2D eigenvalue weighted by molar-refractivity contribution is 14.1. The van der Waals surface area contributed by atoms with E-state index in [4.69, 9.17) is 11.6 Å². The molecule has 1 N–H and O–H groups in total. The van der Waals surface area contributed by atoms with Gasteiger partial charge in [-0.25, -0.2) is 0 Å². The number of benzene rings is 1. The maximum Gasteiger partial charge on any atom is 0.272 e. The molecule has 1 aromatic heterocycles. The molecule has 0 saturated carbocycles. The van der Waals surface area contributed by atoms with Crippen molar-refractivity contribution in [3.63, 3.8) is 0 Å². The Morgan fingerprint density at radius 1 is 1.35 bits per heavy atom. The maximum atomic E-state index is 11.9. The Morgan fingerprint density at radius 2 is 2.00 bits per heavy atom. The van der Waals surface area contributed by atoms with E-state index in [1.807, 2.05) is 24.3 Å². The number of nitrogens with one attached hydrogen (secondary N) is 1. The summed E-state index contributed by atoms with van der Waals surface area (Å²) < 4.78 is 2.83. The van der Waals surface area contributed by atoms with Gasteiger partial charge in [0.1, 0.15) is 5.69 Å². The summed E-state index contributed by atoms with van der Waals surface area (Å²) >= 11 is 8.05. The lowest BCUT2D eigenvalue weighted by atomic mass is 10.3. The highest BCUT2D eigenvalue weighted by Gasteiger charge is 2.11. The second-order valence-electron chi connectivity index (χ2n) is 3.62. The third-order valence-electron chi connectivity index (χ3n) is 2.31. The monoisotopic (exact) mass is 360 g/mol. The molecule has 0 atom stereocenters. The third-order valence-corrected chi connectivity index (χ3v) is 3.23. The van der Waals surface area contributed by atoms with Crippen molar-refractivity contribution in [2.45, 2.75) is 0 Å². The second kappa shape index (κ2) is 5.10. The number of hydrogen-bond acceptors (Lipinski definition) is 1. The van der Waals surface area contributed by atoms with Crippen LogP contribution in [0.2, 0.25) is 5.02 Å². The van der Waals surface area contributed by atoms with E-state index >= 15 is 0 Å². The first-order chi connectivity index (χ1) is 8.06. The molecule has 0 aliphatic heterocycles. The van der Waals surface area contributed by atoms with Crippen molar-refractivity contribution in [1.29, 1.82) is 0 Å². The van der Waals surface area contributed by atoms with Crippen molar-refractivity contribution in [3.8, 4) is 0 Å². The zero-order chi connectivity index (χ0) is 12.4. The fourth-order valence-electron chi connectivity index (χ4n) is 1.48. The predicted octanol–water partition coefficient (Wildman–Crippen LogP) is 3.54. The molecule has 0 fully saturated rings. The Bertz CT molecular complexity index is 548. The van der Waals surface area contributed by atoms with E-state index < -0.39 is 0 Å². The van der Waals surface area contributed by atoms with E-state index in [1.165, 1.54) is 0 Å². The zero-order valence-electron chi connectivity index (χ0n) is 9.08. The Balaban J connectivity index is 2.17. The first-order valence-corrected chi connectivity index (χ1v) is 6.41. The smallest absolute Gasteiger partial charge is 0.272 e. The molecule has 1 amide bonds. The average molecular weight is 361 g/mol. The molecule has 0 unspecified atom stereocenters. The molecule has 1 heterocycles. The van der Waals surface area contributed by atoms with Crippen LogP contribution in [0.4, 0.5) is 5.69 Å². The van der Waals surface area contributed by atoms with Gasteiger partial charge < -0.3 is 9.88 Å². The molecule has 0 spiro atoms. The Hall–Kier alpha value is -1.01. The number of carbonyl (C=O) groups is 1. The van der Waals surface area contributed by atoms with Gasteiger partial charge in [-0.15, -0.1) is 0 Å². The molecule has 0 bridgehead atoms. The van der Waals surface area contributed by atoms with E-state index in [1.54, 1.807) is 23.9 Å². The van der Waals surface area contributed by atoms with Gasteiger partial charge in [-0.1, -0.05) is 11.6 Å². The molecular weight excluding hydrogens is 351 g/mol. The molecule has 0 aliphatic rings. The largest absolute Gasteiger partial charge is 0.345 e. The predicted molar refractivity (Wildman–Crippen MR) is 77.5 cm³/mol. The third kappa shape index (κ3) is 3.01.